The number of carbonyl (C=O) groups excluding carboxylic acids is 1. The number of aryl methyl sites for hydroxylation is 1. The van der Waals surface area contributed by atoms with Crippen LogP contribution in [0.1, 0.15) is 21.6 Å². The molecule has 1 saturated heterocycles. The van der Waals surface area contributed by atoms with Gasteiger partial charge >= 0.3 is 0 Å². The average molecular weight is 388 g/mol. The molecule has 0 unspecified atom stereocenters. The maximum atomic E-state index is 12.7. The number of nitrogens with one attached hydrogen (secondary N) is 1. The minimum Gasteiger partial charge on any atom is -0.365 e. The molecule has 148 valence electrons. The number of aromatic nitrogens is 3. The van der Waals surface area contributed by atoms with E-state index >= 15 is 0 Å². The molecule has 7 heteroatoms. The number of nitrogens with zero attached hydrogens (tertiary/aromatic N) is 5. The summed E-state index contributed by atoms with van der Waals surface area (Å²) in [4.78, 5) is 21.1. The number of hydrogen-bond acceptors (Lipinski definition) is 6. The van der Waals surface area contributed by atoms with Crippen LogP contribution in [0.5, 0.6) is 0 Å². The lowest BCUT2D eigenvalue weighted by atomic mass is 10.1. The first-order valence-corrected chi connectivity index (χ1v) is 9.77. The predicted molar refractivity (Wildman–Crippen MR) is 113 cm³/mol. The van der Waals surface area contributed by atoms with Gasteiger partial charge in [0.1, 0.15) is 11.6 Å². The highest BCUT2D eigenvalue weighted by Crippen LogP contribution is 2.14. The Bertz CT molecular complexity index is 953. The Labute approximate surface area is 170 Å². The molecule has 3 aromatic rings. The summed E-state index contributed by atoms with van der Waals surface area (Å²) in [6.45, 7) is 5.53. The molecule has 0 radical (unpaired) electrons. The van der Waals surface area contributed by atoms with E-state index in [1.165, 1.54) is 11.1 Å². The Hall–Kier alpha value is -3.48. The molecule has 2 aromatic heterocycles. The van der Waals surface area contributed by atoms with Gasteiger partial charge < -0.3 is 15.1 Å². The monoisotopic (exact) mass is 388 g/mol. The lowest BCUT2D eigenvalue weighted by Gasteiger charge is -2.35. The normalized spacial score (nSPS) is 14.0. The Morgan fingerprint density at radius 3 is 2.55 bits per heavy atom. The van der Waals surface area contributed by atoms with Gasteiger partial charge in [0, 0.05) is 38.9 Å². The van der Waals surface area contributed by atoms with Crippen molar-refractivity contribution in [3.63, 3.8) is 0 Å². The van der Waals surface area contributed by atoms with Crippen molar-refractivity contribution in [1.29, 1.82) is 0 Å². The van der Waals surface area contributed by atoms with Crippen molar-refractivity contribution >= 4 is 17.5 Å². The largest absolute Gasteiger partial charge is 0.365 e. The van der Waals surface area contributed by atoms with Gasteiger partial charge in [-0.2, -0.15) is 0 Å². The van der Waals surface area contributed by atoms with E-state index in [-0.39, 0.29) is 5.91 Å². The molecule has 0 spiro atoms. The minimum atomic E-state index is -0.0802. The van der Waals surface area contributed by atoms with Gasteiger partial charge in [0.15, 0.2) is 5.69 Å². The van der Waals surface area contributed by atoms with Crippen molar-refractivity contribution in [2.45, 2.75) is 13.5 Å². The van der Waals surface area contributed by atoms with Crippen molar-refractivity contribution in [2.75, 3.05) is 36.4 Å². The van der Waals surface area contributed by atoms with Crippen LogP contribution in [0.25, 0.3) is 0 Å². The first kappa shape index (κ1) is 18.9. The van der Waals surface area contributed by atoms with Gasteiger partial charge in [0.2, 0.25) is 0 Å². The van der Waals surface area contributed by atoms with Crippen molar-refractivity contribution in [2.24, 2.45) is 0 Å². The zero-order valence-corrected chi connectivity index (χ0v) is 16.5. The third-order valence-electron chi connectivity index (χ3n) is 4.98. The molecule has 1 N–H and O–H groups in total. The van der Waals surface area contributed by atoms with E-state index in [4.69, 9.17) is 0 Å². The maximum absolute atomic E-state index is 12.7. The average Bonchev–Trinajstić information content (AvgIpc) is 2.78. The molecule has 1 aliphatic heterocycles. The quantitative estimate of drug-likeness (QED) is 0.724. The second-order valence-corrected chi connectivity index (χ2v) is 7.11. The molecule has 3 heterocycles. The first-order chi connectivity index (χ1) is 14.2. The van der Waals surface area contributed by atoms with Crippen LogP contribution in [0.15, 0.2) is 60.8 Å². The Morgan fingerprint density at radius 1 is 1.00 bits per heavy atom. The van der Waals surface area contributed by atoms with E-state index < -0.39 is 0 Å². The summed E-state index contributed by atoms with van der Waals surface area (Å²) in [5, 5.41) is 11.5. The van der Waals surface area contributed by atoms with E-state index in [2.05, 4.69) is 50.5 Å². The lowest BCUT2D eigenvalue weighted by Crippen LogP contribution is -2.49. The molecule has 7 nitrogen and oxygen atoms in total. The number of piperazine rings is 1. The SMILES string of the molecule is Cc1cccc(CNc2ccc(C(=O)N3CCN(c4ccccn4)CC3)nn2)c1. The molecule has 1 amide bonds. The summed E-state index contributed by atoms with van der Waals surface area (Å²) in [5.74, 6) is 1.52. The molecular formula is C22H24N6O. The van der Waals surface area contributed by atoms with E-state index in [0.717, 1.165) is 18.9 Å². The molecule has 1 fully saturated rings. The molecule has 4 rings (SSSR count). The van der Waals surface area contributed by atoms with Crippen LogP contribution in [0.3, 0.4) is 0 Å². The topological polar surface area (TPSA) is 74.2 Å². The zero-order valence-electron chi connectivity index (χ0n) is 16.5. The van der Waals surface area contributed by atoms with Gasteiger partial charge in [-0.15, -0.1) is 10.2 Å². The molecule has 0 aliphatic carbocycles. The third kappa shape index (κ3) is 4.68. The van der Waals surface area contributed by atoms with Crippen LogP contribution >= 0.6 is 0 Å². The van der Waals surface area contributed by atoms with Crippen molar-refractivity contribution < 1.29 is 4.79 Å². The number of benzene rings is 1. The lowest BCUT2D eigenvalue weighted by molar-refractivity contribution is 0.0739. The second kappa shape index (κ2) is 8.68. The van der Waals surface area contributed by atoms with Gasteiger partial charge in [0.05, 0.1) is 0 Å². The highest BCUT2D eigenvalue weighted by atomic mass is 16.2. The first-order valence-electron chi connectivity index (χ1n) is 9.77. The minimum absolute atomic E-state index is 0.0802. The molecule has 1 aliphatic rings. The van der Waals surface area contributed by atoms with E-state index in [1.807, 2.05) is 29.2 Å². The van der Waals surface area contributed by atoms with Gasteiger partial charge in [0.25, 0.3) is 5.91 Å². The Kier molecular flexibility index (Phi) is 5.65. The molecular weight excluding hydrogens is 364 g/mol. The van der Waals surface area contributed by atoms with Gasteiger partial charge in [-0.25, -0.2) is 4.98 Å². The summed E-state index contributed by atoms with van der Waals surface area (Å²) >= 11 is 0. The number of hydrogen-bond donors (Lipinski definition) is 1. The van der Waals surface area contributed by atoms with Crippen LogP contribution in [0, 0.1) is 6.92 Å². The fourth-order valence-corrected chi connectivity index (χ4v) is 3.40. The molecule has 1 aromatic carbocycles. The van der Waals surface area contributed by atoms with Crippen LogP contribution in [0.2, 0.25) is 0 Å². The van der Waals surface area contributed by atoms with Crippen LogP contribution in [-0.4, -0.2) is 52.2 Å². The molecule has 29 heavy (non-hydrogen) atoms. The van der Waals surface area contributed by atoms with Gasteiger partial charge in [-0.3, -0.25) is 4.79 Å². The Balaban J connectivity index is 1.31. The summed E-state index contributed by atoms with van der Waals surface area (Å²) < 4.78 is 0. The molecule has 0 bridgehead atoms. The van der Waals surface area contributed by atoms with Gasteiger partial charge in [-0.05, 0) is 36.8 Å². The van der Waals surface area contributed by atoms with Gasteiger partial charge in [-0.1, -0.05) is 35.9 Å². The molecule has 0 atom stereocenters. The maximum Gasteiger partial charge on any atom is 0.274 e. The fraction of sp³-hybridized carbons (Fsp3) is 0.273. The zero-order chi connectivity index (χ0) is 20.1. The third-order valence-corrected chi connectivity index (χ3v) is 4.98. The highest BCUT2D eigenvalue weighted by Gasteiger charge is 2.23. The number of pyridine rings is 1. The van der Waals surface area contributed by atoms with Crippen molar-refractivity contribution in [1.82, 2.24) is 20.1 Å². The molecule has 0 saturated carbocycles. The van der Waals surface area contributed by atoms with Crippen LogP contribution < -0.4 is 10.2 Å². The summed E-state index contributed by atoms with van der Waals surface area (Å²) in [6, 6.07) is 17.7. The number of rotatable bonds is 5. The Morgan fingerprint density at radius 2 is 1.86 bits per heavy atom. The highest BCUT2D eigenvalue weighted by molar-refractivity contribution is 5.92. The standard InChI is InChI=1S/C22H24N6O/c1-17-5-4-6-18(15-17)16-24-20-9-8-19(25-26-20)22(29)28-13-11-27(12-14-28)21-7-2-3-10-23-21/h2-10,15H,11-14,16H2,1H3,(H,24,26). The number of anilines is 2. The van der Waals surface area contributed by atoms with Crippen LogP contribution in [0.4, 0.5) is 11.6 Å². The smallest absolute Gasteiger partial charge is 0.274 e. The summed E-state index contributed by atoms with van der Waals surface area (Å²) in [5.41, 5.74) is 2.77. The second-order valence-electron chi connectivity index (χ2n) is 7.11. The van der Waals surface area contributed by atoms with Crippen LogP contribution in [-0.2, 0) is 6.54 Å². The van der Waals surface area contributed by atoms with Crippen molar-refractivity contribution in [3.8, 4) is 0 Å². The number of amides is 1. The van der Waals surface area contributed by atoms with E-state index in [9.17, 15) is 4.79 Å². The van der Waals surface area contributed by atoms with Crippen molar-refractivity contribution in [3.05, 3.63) is 77.6 Å². The van der Waals surface area contributed by atoms with E-state index in [0.29, 0.717) is 31.1 Å². The summed E-state index contributed by atoms with van der Waals surface area (Å²) in [6.07, 6.45) is 1.79. The number of carbonyl (C=O) groups is 1. The van der Waals surface area contributed by atoms with E-state index in [1.54, 1.807) is 18.3 Å². The predicted octanol–water partition coefficient (Wildman–Crippen LogP) is 2.75. The fourth-order valence-electron chi connectivity index (χ4n) is 3.40. The summed E-state index contributed by atoms with van der Waals surface area (Å²) in [7, 11) is 0.